The Morgan fingerprint density at radius 1 is 0.875 bits per heavy atom. The standard InChI is InChI=1S/C18H17NO4S/c20-17(13-4-2-1-3-5-13)14-6-8-15(9-7-14)18(21)19-16-10-11-24(22,23)12-16/h1-9,16H,10-12H2,(H,19,21)/t16-/m0/s1. The lowest BCUT2D eigenvalue weighted by Gasteiger charge is -2.11. The van der Waals surface area contributed by atoms with E-state index in [0.29, 0.717) is 23.1 Å². The molecule has 0 unspecified atom stereocenters. The van der Waals surface area contributed by atoms with Crippen LogP contribution in [-0.2, 0) is 9.84 Å². The van der Waals surface area contributed by atoms with Crippen LogP contribution in [0.4, 0.5) is 0 Å². The minimum Gasteiger partial charge on any atom is -0.348 e. The third kappa shape index (κ3) is 3.71. The number of sulfone groups is 1. The highest BCUT2D eigenvalue weighted by Gasteiger charge is 2.29. The first-order valence-electron chi connectivity index (χ1n) is 7.66. The molecule has 1 saturated heterocycles. The Morgan fingerprint density at radius 2 is 1.46 bits per heavy atom. The molecule has 0 spiro atoms. The van der Waals surface area contributed by atoms with Gasteiger partial charge in [-0.15, -0.1) is 0 Å². The Morgan fingerprint density at radius 3 is 2.04 bits per heavy atom. The van der Waals surface area contributed by atoms with Gasteiger partial charge in [0.15, 0.2) is 15.6 Å². The Labute approximate surface area is 140 Å². The van der Waals surface area contributed by atoms with Crippen LogP contribution in [0, 0.1) is 0 Å². The average molecular weight is 343 g/mol. The molecular weight excluding hydrogens is 326 g/mol. The molecule has 0 aromatic heterocycles. The maximum atomic E-state index is 12.3. The second kappa shape index (κ2) is 6.57. The first kappa shape index (κ1) is 16.4. The molecule has 2 aromatic rings. The zero-order chi connectivity index (χ0) is 17.2. The van der Waals surface area contributed by atoms with Crippen LogP contribution in [0.3, 0.4) is 0 Å². The van der Waals surface area contributed by atoms with Crippen LogP contribution in [-0.4, -0.2) is 37.7 Å². The van der Waals surface area contributed by atoms with E-state index in [0.717, 1.165) is 0 Å². The predicted octanol–water partition coefficient (Wildman–Crippen LogP) is 1.83. The van der Waals surface area contributed by atoms with E-state index in [1.54, 1.807) is 48.5 Å². The maximum Gasteiger partial charge on any atom is 0.251 e. The lowest BCUT2D eigenvalue weighted by atomic mass is 10.0. The monoisotopic (exact) mass is 343 g/mol. The highest BCUT2D eigenvalue weighted by atomic mass is 32.2. The highest BCUT2D eigenvalue weighted by Crippen LogP contribution is 2.14. The second-order valence-corrected chi connectivity index (χ2v) is 8.07. The molecule has 2 aromatic carbocycles. The molecule has 24 heavy (non-hydrogen) atoms. The van der Waals surface area contributed by atoms with Crippen molar-refractivity contribution in [2.24, 2.45) is 0 Å². The minimum absolute atomic E-state index is 0.0106. The molecule has 1 fully saturated rings. The van der Waals surface area contributed by atoms with Gasteiger partial charge in [0.05, 0.1) is 11.5 Å². The van der Waals surface area contributed by atoms with Gasteiger partial charge in [0.25, 0.3) is 5.91 Å². The van der Waals surface area contributed by atoms with Gasteiger partial charge in [0.2, 0.25) is 0 Å². The van der Waals surface area contributed by atoms with Crippen LogP contribution in [0.25, 0.3) is 0 Å². The van der Waals surface area contributed by atoms with Gasteiger partial charge < -0.3 is 5.32 Å². The summed E-state index contributed by atoms with van der Waals surface area (Å²) in [5.74, 6) is -0.327. The molecule has 1 aliphatic rings. The summed E-state index contributed by atoms with van der Waals surface area (Å²) in [6.07, 6.45) is 0.443. The van der Waals surface area contributed by atoms with E-state index in [1.165, 1.54) is 0 Å². The Hall–Kier alpha value is -2.47. The number of ketones is 1. The van der Waals surface area contributed by atoms with E-state index in [9.17, 15) is 18.0 Å². The summed E-state index contributed by atoms with van der Waals surface area (Å²) >= 11 is 0. The van der Waals surface area contributed by atoms with Crippen LogP contribution < -0.4 is 5.32 Å². The van der Waals surface area contributed by atoms with Crippen molar-refractivity contribution >= 4 is 21.5 Å². The summed E-state index contributed by atoms with van der Waals surface area (Å²) in [7, 11) is -3.03. The number of carbonyl (C=O) groups is 2. The Kier molecular flexibility index (Phi) is 4.49. The SMILES string of the molecule is O=C(N[C@H]1CCS(=O)(=O)C1)c1ccc(C(=O)c2ccccc2)cc1. The number of carbonyl (C=O) groups excluding carboxylic acids is 2. The largest absolute Gasteiger partial charge is 0.348 e. The van der Waals surface area contributed by atoms with Crippen molar-refractivity contribution in [1.29, 1.82) is 0 Å². The summed E-state index contributed by atoms with van der Waals surface area (Å²) < 4.78 is 22.8. The zero-order valence-corrected chi connectivity index (χ0v) is 13.8. The number of benzene rings is 2. The van der Waals surface area contributed by atoms with Crippen molar-refractivity contribution in [3.8, 4) is 0 Å². The van der Waals surface area contributed by atoms with E-state index in [1.807, 2.05) is 6.07 Å². The zero-order valence-electron chi connectivity index (χ0n) is 12.9. The number of hydrogen-bond donors (Lipinski definition) is 1. The molecule has 3 rings (SSSR count). The molecule has 0 bridgehead atoms. The smallest absolute Gasteiger partial charge is 0.251 e. The summed E-state index contributed by atoms with van der Waals surface area (Å²) in [6, 6.07) is 14.9. The van der Waals surface area contributed by atoms with Gasteiger partial charge >= 0.3 is 0 Å². The van der Waals surface area contributed by atoms with E-state index in [2.05, 4.69) is 5.32 Å². The quantitative estimate of drug-likeness (QED) is 0.859. The molecule has 0 aliphatic carbocycles. The fraction of sp³-hybridized carbons (Fsp3) is 0.222. The molecule has 1 N–H and O–H groups in total. The molecule has 0 saturated carbocycles. The normalized spacial score (nSPS) is 18.9. The van der Waals surface area contributed by atoms with E-state index in [-0.39, 0.29) is 29.2 Å². The van der Waals surface area contributed by atoms with E-state index >= 15 is 0 Å². The van der Waals surface area contributed by atoms with Crippen molar-refractivity contribution in [1.82, 2.24) is 5.32 Å². The average Bonchev–Trinajstić information content (AvgIpc) is 2.93. The summed E-state index contributed by atoms with van der Waals surface area (Å²) in [5.41, 5.74) is 1.50. The molecule has 0 radical (unpaired) electrons. The van der Waals surface area contributed by atoms with Crippen LogP contribution in [0.5, 0.6) is 0 Å². The fourth-order valence-electron chi connectivity index (χ4n) is 2.71. The van der Waals surface area contributed by atoms with E-state index < -0.39 is 9.84 Å². The van der Waals surface area contributed by atoms with Gasteiger partial charge in [-0.1, -0.05) is 42.5 Å². The molecule has 6 heteroatoms. The van der Waals surface area contributed by atoms with Crippen LogP contribution in [0.15, 0.2) is 54.6 Å². The minimum atomic E-state index is -3.03. The van der Waals surface area contributed by atoms with Crippen molar-refractivity contribution in [3.63, 3.8) is 0 Å². The van der Waals surface area contributed by atoms with E-state index in [4.69, 9.17) is 0 Å². The molecule has 5 nitrogen and oxygen atoms in total. The molecule has 124 valence electrons. The van der Waals surface area contributed by atoms with Gasteiger partial charge in [-0.2, -0.15) is 0 Å². The summed E-state index contributed by atoms with van der Waals surface area (Å²) in [5, 5.41) is 2.73. The van der Waals surface area contributed by atoms with Gasteiger partial charge in [0, 0.05) is 22.7 Å². The van der Waals surface area contributed by atoms with Crippen molar-refractivity contribution in [3.05, 3.63) is 71.3 Å². The molecule has 1 heterocycles. The van der Waals surface area contributed by atoms with Crippen LogP contribution >= 0.6 is 0 Å². The topological polar surface area (TPSA) is 80.3 Å². The maximum absolute atomic E-state index is 12.3. The third-order valence-corrected chi connectivity index (χ3v) is 5.78. The van der Waals surface area contributed by atoms with Crippen molar-refractivity contribution < 1.29 is 18.0 Å². The molecule has 1 aliphatic heterocycles. The highest BCUT2D eigenvalue weighted by molar-refractivity contribution is 7.91. The molecular formula is C18H17NO4S. The number of amides is 1. The number of nitrogens with one attached hydrogen (secondary N) is 1. The number of rotatable bonds is 4. The second-order valence-electron chi connectivity index (χ2n) is 5.85. The van der Waals surface area contributed by atoms with Crippen LogP contribution in [0.1, 0.15) is 32.7 Å². The summed E-state index contributed by atoms with van der Waals surface area (Å²) in [4.78, 5) is 24.5. The van der Waals surface area contributed by atoms with Gasteiger partial charge in [0.1, 0.15) is 0 Å². The van der Waals surface area contributed by atoms with Crippen LogP contribution in [0.2, 0.25) is 0 Å². The van der Waals surface area contributed by atoms with Crippen molar-refractivity contribution in [2.45, 2.75) is 12.5 Å². The predicted molar refractivity (Wildman–Crippen MR) is 90.8 cm³/mol. The van der Waals surface area contributed by atoms with Crippen molar-refractivity contribution in [2.75, 3.05) is 11.5 Å². The lowest BCUT2D eigenvalue weighted by molar-refractivity contribution is 0.0939. The van der Waals surface area contributed by atoms with Gasteiger partial charge in [-0.3, -0.25) is 9.59 Å². The lowest BCUT2D eigenvalue weighted by Crippen LogP contribution is -2.35. The fourth-order valence-corrected chi connectivity index (χ4v) is 4.38. The number of hydrogen-bond acceptors (Lipinski definition) is 4. The van der Waals surface area contributed by atoms with Gasteiger partial charge in [-0.05, 0) is 18.6 Å². The first-order chi connectivity index (χ1) is 11.4. The molecule has 1 atom stereocenters. The molecule has 1 amide bonds. The third-order valence-electron chi connectivity index (χ3n) is 4.01. The summed E-state index contributed by atoms with van der Waals surface area (Å²) in [6.45, 7) is 0. The Balaban J connectivity index is 1.68. The Bertz CT molecular complexity index is 858. The first-order valence-corrected chi connectivity index (χ1v) is 9.48. The van der Waals surface area contributed by atoms with Gasteiger partial charge in [-0.25, -0.2) is 8.42 Å².